The molecule has 0 bridgehead atoms. The molecule has 0 nitrogen and oxygen atoms in total. The maximum absolute atomic E-state index is 5.64. The van der Waals surface area contributed by atoms with Crippen molar-refractivity contribution in [3.63, 3.8) is 0 Å². The van der Waals surface area contributed by atoms with Crippen molar-refractivity contribution in [1.82, 2.24) is 0 Å². The molecule has 17 heavy (non-hydrogen) atoms. The molecule has 0 unspecified atom stereocenters. The number of hydrogen-bond acceptors (Lipinski definition) is 0. The summed E-state index contributed by atoms with van der Waals surface area (Å²) in [6.07, 6.45) is 2.93. The van der Waals surface area contributed by atoms with Crippen LogP contribution in [-0.4, -0.2) is 6.71 Å². The predicted octanol–water partition coefficient (Wildman–Crippen LogP) is 3.05. The van der Waals surface area contributed by atoms with Gasteiger partial charge in [-0.25, -0.2) is 0 Å². The second kappa shape index (κ2) is 6.31. The van der Waals surface area contributed by atoms with Crippen molar-refractivity contribution in [1.29, 1.82) is 0 Å². The molecule has 0 radical (unpaired) electrons. The van der Waals surface area contributed by atoms with Gasteiger partial charge in [0.05, 0.1) is 0 Å². The monoisotopic (exact) mass is 240 g/mol. The lowest BCUT2D eigenvalue weighted by Crippen LogP contribution is -2.41. The van der Waals surface area contributed by atoms with E-state index in [0.717, 1.165) is 6.32 Å². The van der Waals surface area contributed by atoms with Crippen LogP contribution in [0.15, 0.2) is 72.3 Å². The van der Waals surface area contributed by atoms with Gasteiger partial charge in [0.2, 0.25) is 6.71 Å². The SMILES string of the molecule is ClC=CCB(c1ccccc1)c1ccccc1. The van der Waals surface area contributed by atoms with E-state index >= 15 is 0 Å². The molecule has 0 aliphatic rings. The van der Waals surface area contributed by atoms with Crippen LogP contribution in [0, 0.1) is 0 Å². The zero-order chi connectivity index (χ0) is 11.9. The average molecular weight is 241 g/mol. The predicted molar refractivity (Wildman–Crippen MR) is 77.7 cm³/mol. The Morgan fingerprint density at radius 2 is 1.29 bits per heavy atom. The molecule has 2 aromatic carbocycles. The number of halogens is 1. The van der Waals surface area contributed by atoms with Crippen LogP contribution in [-0.2, 0) is 0 Å². The lowest BCUT2D eigenvalue weighted by atomic mass is 9.39. The van der Waals surface area contributed by atoms with Crippen LogP contribution >= 0.6 is 11.6 Å². The molecule has 0 spiro atoms. The normalized spacial score (nSPS) is 10.6. The lowest BCUT2D eigenvalue weighted by Gasteiger charge is -2.12. The first kappa shape index (κ1) is 12.0. The summed E-state index contributed by atoms with van der Waals surface area (Å²) >= 11 is 5.64. The second-order valence-electron chi connectivity index (χ2n) is 3.97. The quantitative estimate of drug-likeness (QED) is 0.721. The Balaban J connectivity index is 2.32. The van der Waals surface area contributed by atoms with Crippen molar-refractivity contribution in [2.75, 3.05) is 0 Å². The van der Waals surface area contributed by atoms with E-state index in [1.165, 1.54) is 10.9 Å². The Kier molecular flexibility index (Phi) is 4.46. The van der Waals surface area contributed by atoms with Crippen LogP contribution in [0.25, 0.3) is 0 Å². The molecule has 0 aromatic heterocycles. The summed E-state index contributed by atoms with van der Waals surface area (Å²) in [6.45, 7) is 0.382. The van der Waals surface area contributed by atoms with Crippen molar-refractivity contribution in [2.45, 2.75) is 6.32 Å². The Labute approximate surface area is 108 Å². The van der Waals surface area contributed by atoms with Crippen LogP contribution < -0.4 is 10.9 Å². The molecule has 0 heterocycles. The van der Waals surface area contributed by atoms with Gasteiger partial charge >= 0.3 is 0 Å². The molecule has 0 saturated carbocycles. The summed E-state index contributed by atoms with van der Waals surface area (Å²) in [7, 11) is 0. The molecule has 0 amide bonds. The summed E-state index contributed by atoms with van der Waals surface area (Å²) < 4.78 is 0. The third kappa shape index (κ3) is 3.24. The highest BCUT2D eigenvalue weighted by Crippen LogP contribution is 2.00. The van der Waals surface area contributed by atoms with Gasteiger partial charge in [-0.3, -0.25) is 0 Å². The van der Waals surface area contributed by atoms with Crippen molar-refractivity contribution in [3.05, 3.63) is 72.3 Å². The maximum atomic E-state index is 5.64. The smallest absolute Gasteiger partial charge is 0.0933 e. The average Bonchev–Trinajstić information content (AvgIpc) is 2.42. The molecule has 0 atom stereocenters. The van der Waals surface area contributed by atoms with Crippen LogP contribution in [0.4, 0.5) is 0 Å². The first-order valence-corrected chi connectivity index (χ1v) is 6.20. The van der Waals surface area contributed by atoms with Gasteiger partial charge in [0.1, 0.15) is 0 Å². The molecule has 2 aromatic rings. The molecule has 0 N–H and O–H groups in total. The van der Waals surface area contributed by atoms with Crippen molar-refractivity contribution < 1.29 is 0 Å². The van der Waals surface area contributed by atoms with Gasteiger partial charge in [0, 0.05) is 0 Å². The van der Waals surface area contributed by atoms with Crippen molar-refractivity contribution in [2.24, 2.45) is 0 Å². The van der Waals surface area contributed by atoms with Crippen LogP contribution in [0.3, 0.4) is 0 Å². The Morgan fingerprint density at radius 3 is 1.71 bits per heavy atom. The number of hydrogen-bond donors (Lipinski definition) is 0. The van der Waals surface area contributed by atoms with E-state index in [0.29, 0.717) is 6.71 Å². The molecule has 0 saturated heterocycles. The molecule has 84 valence electrons. The Bertz CT molecular complexity index is 425. The summed E-state index contributed by atoms with van der Waals surface area (Å²) in [4.78, 5) is 0. The fourth-order valence-electron chi connectivity index (χ4n) is 2.02. The van der Waals surface area contributed by atoms with Crippen LogP contribution in [0.2, 0.25) is 6.32 Å². The van der Waals surface area contributed by atoms with E-state index < -0.39 is 0 Å². The Hall–Kier alpha value is -1.47. The van der Waals surface area contributed by atoms with Crippen LogP contribution in [0.5, 0.6) is 0 Å². The van der Waals surface area contributed by atoms with Gasteiger partial charge in [-0.15, -0.1) is 0 Å². The maximum Gasteiger partial charge on any atom is 0.213 e. The first-order chi connectivity index (χ1) is 8.42. The largest absolute Gasteiger partial charge is 0.213 e. The summed E-state index contributed by atoms with van der Waals surface area (Å²) in [5, 5.41) is 0. The number of benzene rings is 2. The summed E-state index contributed by atoms with van der Waals surface area (Å²) in [5.41, 5.74) is 4.25. The lowest BCUT2D eigenvalue weighted by molar-refractivity contribution is 1.63. The number of allylic oxidation sites excluding steroid dienone is 1. The first-order valence-electron chi connectivity index (χ1n) is 5.77. The van der Waals surface area contributed by atoms with Gasteiger partial charge in [0.15, 0.2) is 0 Å². The highest BCUT2D eigenvalue weighted by atomic mass is 35.5. The topological polar surface area (TPSA) is 0 Å². The molecule has 0 aliphatic heterocycles. The van der Waals surface area contributed by atoms with Gasteiger partial charge in [-0.1, -0.05) is 89.3 Å². The molecule has 0 fully saturated rings. The van der Waals surface area contributed by atoms with Gasteiger partial charge in [-0.2, -0.15) is 0 Å². The fourth-order valence-corrected chi connectivity index (χ4v) is 2.13. The second-order valence-corrected chi connectivity index (χ2v) is 4.22. The Morgan fingerprint density at radius 1 is 0.824 bits per heavy atom. The highest BCUT2D eigenvalue weighted by Gasteiger charge is 2.16. The van der Waals surface area contributed by atoms with E-state index in [2.05, 4.69) is 48.5 Å². The van der Waals surface area contributed by atoms with Crippen molar-refractivity contribution in [3.8, 4) is 0 Å². The minimum Gasteiger partial charge on any atom is -0.0933 e. The molecular weight excluding hydrogens is 226 g/mol. The van der Waals surface area contributed by atoms with E-state index in [1.54, 1.807) is 5.54 Å². The molecule has 2 rings (SSSR count). The van der Waals surface area contributed by atoms with Crippen molar-refractivity contribution >= 4 is 29.2 Å². The third-order valence-corrected chi connectivity index (χ3v) is 3.04. The standard InChI is InChI=1S/C15H14BCl/c17-13-7-12-16(14-8-3-1-4-9-14)15-10-5-2-6-11-15/h1-11,13H,12H2. The highest BCUT2D eigenvalue weighted by molar-refractivity contribution is 6.85. The third-order valence-electron chi connectivity index (χ3n) is 2.86. The minimum absolute atomic E-state index is 0.382. The minimum atomic E-state index is 0.382. The van der Waals surface area contributed by atoms with Crippen LogP contribution in [0.1, 0.15) is 0 Å². The number of rotatable bonds is 4. The summed E-state index contributed by atoms with van der Waals surface area (Å²) in [6, 6.07) is 21.1. The van der Waals surface area contributed by atoms with E-state index in [-0.39, 0.29) is 0 Å². The molecule has 0 aliphatic carbocycles. The fraction of sp³-hybridized carbons (Fsp3) is 0.0667. The van der Waals surface area contributed by atoms with E-state index in [9.17, 15) is 0 Å². The molecular formula is C15H14BCl. The summed E-state index contributed by atoms with van der Waals surface area (Å²) in [5.74, 6) is 0. The zero-order valence-corrected chi connectivity index (χ0v) is 10.3. The van der Waals surface area contributed by atoms with E-state index in [4.69, 9.17) is 11.6 Å². The molecule has 2 heteroatoms. The van der Waals surface area contributed by atoms with Gasteiger partial charge in [0.25, 0.3) is 0 Å². The van der Waals surface area contributed by atoms with Gasteiger partial charge < -0.3 is 0 Å². The van der Waals surface area contributed by atoms with E-state index in [1.807, 2.05) is 18.2 Å². The van der Waals surface area contributed by atoms with Gasteiger partial charge in [-0.05, 0) is 11.9 Å². The zero-order valence-electron chi connectivity index (χ0n) is 9.59.